The van der Waals surface area contributed by atoms with Crippen molar-refractivity contribution in [2.24, 2.45) is 0 Å². The van der Waals surface area contributed by atoms with Gasteiger partial charge in [0, 0.05) is 11.8 Å². The molecule has 0 aliphatic rings. The normalized spacial score (nSPS) is 10.1. The first-order valence-electron chi connectivity index (χ1n) is 4.45. The van der Waals surface area contributed by atoms with Crippen molar-refractivity contribution in [3.63, 3.8) is 0 Å². The predicted molar refractivity (Wildman–Crippen MR) is 62.1 cm³/mol. The van der Waals surface area contributed by atoms with Crippen molar-refractivity contribution in [1.82, 2.24) is 4.98 Å². The van der Waals surface area contributed by atoms with Crippen molar-refractivity contribution in [1.29, 1.82) is 0 Å². The van der Waals surface area contributed by atoms with Crippen LogP contribution in [0.3, 0.4) is 0 Å². The third-order valence-corrected chi connectivity index (χ3v) is 2.75. The molecule has 0 aliphatic carbocycles. The lowest BCUT2D eigenvalue weighted by molar-refractivity contribution is 1.28. The van der Waals surface area contributed by atoms with E-state index in [-0.39, 0.29) is 0 Å². The zero-order chi connectivity index (χ0) is 9.97. The van der Waals surface area contributed by atoms with E-state index in [2.05, 4.69) is 58.2 Å². The molecule has 0 aliphatic heterocycles. The highest BCUT2D eigenvalue weighted by molar-refractivity contribution is 9.10. The van der Waals surface area contributed by atoms with Crippen molar-refractivity contribution in [2.75, 3.05) is 0 Å². The van der Waals surface area contributed by atoms with Gasteiger partial charge < -0.3 is 0 Å². The molecular weight excluding hydrogens is 238 g/mol. The fourth-order valence-electron chi connectivity index (χ4n) is 1.33. The molecule has 0 unspecified atom stereocenters. The quantitative estimate of drug-likeness (QED) is 0.699. The van der Waals surface area contributed by atoms with Crippen molar-refractivity contribution in [2.45, 2.75) is 6.92 Å². The van der Waals surface area contributed by atoms with E-state index in [1.165, 1.54) is 11.1 Å². The van der Waals surface area contributed by atoms with Gasteiger partial charge in [0.05, 0.1) is 0 Å². The van der Waals surface area contributed by atoms with Gasteiger partial charge in [0.25, 0.3) is 0 Å². The summed E-state index contributed by atoms with van der Waals surface area (Å²) in [7, 11) is 0. The van der Waals surface area contributed by atoms with E-state index in [1.807, 2.05) is 6.07 Å². The van der Waals surface area contributed by atoms with E-state index in [0.29, 0.717) is 0 Å². The Labute approximate surface area is 91.9 Å². The van der Waals surface area contributed by atoms with Crippen LogP contribution in [-0.2, 0) is 0 Å². The monoisotopic (exact) mass is 247 g/mol. The van der Waals surface area contributed by atoms with Crippen LogP contribution in [0, 0.1) is 6.92 Å². The van der Waals surface area contributed by atoms with Crippen molar-refractivity contribution in [3.05, 3.63) is 52.8 Å². The third kappa shape index (κ3) is 1.85. The molecule has 0 saturated heterocycles. The van der Waals surface area contributed by atoms with E-state index in [1.54, 1.807) is 6.20 Å². The van der Waals surface area contributed by atoms with E-state index < -0.39 is 0 Å². The van der Waals surface area contributed by atoms with Crippen molar-refractivity contribution < 1.29 is 0 Å². The Morgan fingerprint density at radius 3 is 2.43 bits per heavy atom. The summed E-state index contributed by atoms with van der Waals surface area (Å²) >= 11 is 3.44. The van der Waals surface area contributed by atoms with Gasteiger partial charge in [-0.1, -0.05) is 35.9 Å². The summed E-state index contributed by atoms with van der Waals surface area (Å²) in [5.74, 6) is 0. The van der Waals surface area contributed by atoms with Crippen LogP contribution in [0.2, 0.25) is 0 Å². The van der Waals surface area contributed by atoms with E-state index in [9.17, 15) is 0 Å². The minimum Gasteiger partial charge on any atom is -0.249 e. The Hall–Kier alpha value is -1.15. The zero-order valence-corrected chi connectivity index (χ0v) is 9.45. The summed E-state index contributed by atoms with van der Waals surface area (Å²) in [6.45, 7) is 2.09. The highest BCUT2D eigenvalue weighted by atomic mass is 79.9. The van der Waals surface area contributed by atoms with Crippen LogP contribution >= 0.6 is 15.9 Å². The molecule has 0 saturated carbocycles. The summed E-state index contributed by atoms with van der Waals surface area (Å²) in [5, 5.41) is 0. The third-order valence-electron chi connectivity index (χ3n) is 2.12. The van der Waals surface area contributed by atoms with E-state index >= 15 is 0 Å². The van der Waals surface area contributed by atoms with Crippen LogP contribution in [0.25, 0.3) is 11.1 Å². The van der Waals surface area contributed by atoms with Gasteiger partial charge >= 0.3 is 0 Å². The highest BCUT2D eigenvalue weighted by Gasteiger charge is 2.01. The number of halogens is 1. The van der Waals surface area contributed by atoms with Crippen LogP contribution in [-0.4, -0.2) is 4.98 Å². The molecule has 0 fully saturated rings. The number of benzene rings is 1. The second kappa shape index (κ2) is 3.93. The molecule has 0 radical (unpaired) electrons. The van der Waals surface area contributed by atoms with Gasteiger partial charge in [0.1, 0.15) is 4.60 Å². The van der Waals surface area contributed by atoms with E-state index in [4.69, 9.17) is 0 Å². The summed E-state index contributed by atoms with van der Waals surface area (Å²) in [4.78, 5) is 4.19. The first-order valence-corrected chi connectivity index (χ1v) is 5.24. The molecule has 0 spiro atoms. The number of nitrogens with zero attached hydrogens (tertiary/aromatic N) is 1. The average Bonchev–Trinajstić information content (AvgIpc) is 2.20. The molecular formula is C12H10BrN. The Kier molecular flexibility index (Phi) is 2.64. The summed E-state index contributed by atoms with van der Waals surface area (Å²) in [5.41, 5.74) is 3.59. The lowest BCUT2D eigenvalue weighted by Crippen LogP contribution is -1.82. The molecule has 0 bridgehead atoms. The average molecular weight is 248 g/mol. The molecule has 2 aromatic rings. The number of pyridine rings is 1. The van der Waals surface area contributed by atoms with Crippen molar-refractivity contribution >= 4 is 15.9 Å². The van der Waals surface area contributed by atoms with Gasteiger partial charge in [-0.3, -0.25) is 0 Å². The fourth-order valence-corrected chi connectivity index (χ4v) is 1.81. The van der Waals surface area contributed by atoms with Gasteiger partial charge in [0.2, 0.25) is 0 Å². The first-order chi connectivity index (χ1) is 6.77. The van der Waals surface area contributed by atoms with Gasteiger partial charge in [0.15, 0.2) is 0 Å². The maximum atomic E-state index is 4.19. The predicted octanol–water partition coefficient (Wildman–Crippen LogP) is 3.82. The molecule has 0 amide bonds. The molecule has 0 N–H and O–H groups in total. The summed E-state index contributed by atoms with van der Waals surface area (Å²) < 4.78 is 0.892. The Bertz CT molecular complexity index is 434. The molecule has 1 aromatic carbocycles. The van der Waals surface area contributed by atoms with Gasteiger partial charge in [-0.2, -0.15) is 0 Å². The number of hydrogen-bond donors (Lipinski definition) is 0. The molecule has 2 rings (SSSR count). The van der Waals surface area contributed by atoms with Gasteiger partial charge in [-0.15, -0.1) is 0 Å². The van der Waals surface area contributed by atoms with Crippen LogP contribution in [0.4, 0.5) is 0 Å². The molecule has 1 heterocycles. The van der Waals surface area contributed by atoms with Gasteiger partial charge in [-0.05, 0) is 34.5 Å². The lowest BCUT2D eigenvalue weighted by Gasteiger charge is -2.03. The molecule has 1 nitrogen and oxygen atoms in total. The Balaban J connectivity index is 2.50. The molecule has 0 atom stereocenters. The maximum absolute atomic E-state index is 4.19. The van der Waals surface area contributed by atoms with Crippen LogP contribution in [0.15, 0.2) is 47.2 Å². The Morgan fingerprint density at radius 2 is 1.79 bits per heavy atom. The minimum absolute atomic E-state index is 0.892. The second-order valence-electron chi connectivity index (χ2n) is 3.21. The Morgan fingerprint density at radius 1 is 1.07 bits per heavy atom. The zero-order valence-electron chi connectivity index (χ0n) is 7.87. The van der Waals surface area contributed by atoms with E-state index in [0.717, 1.165) is 10.2 Å². The number of aryl methyl sites for hydroxylation is 1. The molecule has 1 aromatic heterocycles. The molecule has 2 heteroatoms. The summed E-state index contributed by atoms with van der Waals surface area (Å²) in [6.07, 6.45) is 1.78. The van der Waals surface area contributed by atoms with Crippen molar-refractivity contribution in [3.8, 4) is 11.1 Å². The first kappa shape index (κ1) is 9.41. The number of hydrogen-bond acceptors (Lipinski definition) is 1. The number of rotatable bonds is 1. The van der Waals surface area contributed by atoms with Crippen LogP contribution in [0.1, 0.15) is 5.56 Å². The second-order valence-corrected chi connectivity index (χ2v) is 3.96. The topological polar surface area (TPSA) is 12.9 Å². The lowest BCUT2D eigenvalue weighted by atomic mass is 10.1. The smallest absolute Gasteiger partial charge is 0.113 e. The van der Waals surface area contributed by atoms with Crippen LogP contribution < -0.4 is 0 Å². The standard InChI is InChI=1S/C12H10BrN/c1-9-4-6-10(7-5-9)11-3-2-8-14-12(11)13/h2-8H,1H3. The number of aromatic nitrogens is 1. The fraction of sp³-hybridized carbons (Fsp3) is 0.0833. The van der Waals surface area contributed by atoms with Crippen LogP contribution in [0.5, 0.6) is 0 Å². The largest absolute Gasteiger partial charge is 0.249 e. The summed E-state index contributed by atoms with van der Waals surface area (Å²) in [6, 6.07) is 12.4. The molecule has 14 heavy (non-hydrogen) atoms. The minimum atomic E-state index is 0.892. The van der Waals surface area contributed by atoms with Gasteiger partial charge in [-0.25, -0.2) is 4.98 Å². The molecule has 70 valence electrons. The maximum Gasteiger partial charge on any atom is 0.113 e. The highest BCUT2D eigenvalue weighted by Crippen LogP contribution is 2.25. The SMILES string of the molecule is Cc1ccc(-c2cccnc2Br)cc1.